The van der Waals surface area contributed by atoms with Crippen molar-refractivity contribution < 1.29 is 9.90 Å². The predicted octanol–water partition coefficient (Wildman–Crippen LogP) is 3.89. The van der Waals surface area contributed by atoms with Crippen LogP contribution in [0.25, 0.3) is 17.1 Å². The first-order valence-electron chi connectivity index (χ1n) is 7.08. The number of carboxylic acid groups (broad SMARTS) is 1. The summed E-state index contributed by atoms with van der Waals surface area (Å²) in [5.41, 5.74) is 2.29. The third-order valence-corrected chi connectivity index (χ3v) is 5.07. The molecule has 0 bridgehead atoms. The molecule has 0 spiro atoms. The van der Waals surface area contributed by atoms with Crippen molar-refractivity contribution in [2.75, 3.05) is 0 Å². The number of carbonyl (C=O) groups is 1. The van der Waals surface area contributed by atoms with Crippen LogP contribution < -0.4 is 5.56 Å². The molecular weight excluding hydrogens is 348 g/mol. The molecule has 0 aliphatic carbocycles. The molecule has 1 aromatic carbocycles. The number of benzene rings is 1. The van der Waals surface area contributed by atoms with Gasteiger partial charge in [-0.15, -0.1) is 0 Å². The number of thiazole rings is 1. The van der Waals surface area contributed by atoms with E-state index in [0.29, 0.717) is 16.3 Å². The van der Waals surface area contributed by atoms with Crippen LogP contribution in [-0.4, -0.2) is 20.5 Å². The zero-order valence-electron chi connectivity index (χ0n) is 12.9. The highest BCUT2D eigenvalue weighted by atomic mass is 35.5. The fourth-order valence-electron chi connectivity index (χ4n) is 2.29. The van der Waals surface area contributed by atoms with Gasteiger partial charge in [0, 0.05) is 0 Å². The summed E-state index contributed by atoms with van der Waals surface area (Å²) in [5.74, 6) is -1.09. The highest BCUT2D eigenvalue weighted by Crippen LogP contribution is 2.23. The van der Waals surface area contributed by atoms with Crippen molar-refractivity contribution in [3.8, 4) is 0 Å². The number of hydrogen-bond acceptors (Lipinski definition) is 4. The van der Waals surface area contributed by atoms with E-state index in [0.717, 1.165) is 22.5 Å². The van der Waals surface area contributed by atoms with E-state index >= 15 is 0 Å². The molecule has 0 aliphatic heterocycles. The van der Waals surface area contributed by atoms with Crippen LogP contribution in [0.5, 0.6) is 0 Å². The summed E-state index contributed by atoms with van der Waals surface area (Å²) >= 11 is 7.09. The van der Waals surface area contributed by atoms with Crippen LogP contribution in [-0.2, 0) is 0 Å². The van der Waals surface area contributed by atoms with Crippen molar-refractivity contribution in [1.29, 1.82) is 0 Å². The molecule has 0 fully saturated rings. The van der Waals surface area contributed by atoms with Crippen molar-refractivity contribution in [3.63, 3.8) is 0 Å². The fourth-order valence-corrected chi connectivity index (χ4v) is 3.44. The van der Waals surface area contributed by atoms with Gasteiger partial charge in [-0.25, -0.2) is 9.78 Å². The summed E-state index contributed by atoms with van der Waals surface area (Å²) in [4.78, 5) is 28.4. The van der Waals surface area contributed by atoms with E-state index in [1.54, 1.807) is 13.0 Å². The Balaban J connectivity index is 2.12. The average molecular weight is 361 g/mol. The molecule has 0 saturated carbocycles. The van der Waals surface area contributed by atoms with Crippen LogP contribution in [0.15, 0.2) is 29.1 Å². The van der Waals surface area contributed by atoms with Crippen molar-refractivity contribution in [3.05, 3.63) is 67.0 Å². The standard InChI is InChI=1S/C17H13ClN2O3S/c1-9-3-5-11(6-4-9)7-8-12-13(18)15(21)20-10(2)14(16(22)23)24-17(20)19-12/h3-8H,1-2H3,(H,22,23). The van der Waals surface area contributed by atoms with Crippen molar-refractivity contribution in [2.24, 2.45) is 0 Å². The summed E-state index contributed by atoms with van der Waals surface area (Å²) in [6.45, 7) is 3.56. The minimum atomic E-state index is -1.09. The zero-order valence-corrected chi connectivity index (χ0v) is 14.5. The van der Waals surface area contributed by atoms with E-state index in [1.165, 1.54) is 4.40 Å². The normalized spacial score (nSPS) is 11.5. The topological polar surface area (TPSA) is 71.7 Å². The Morgan fingerprint density at radius 1 is 1.25 bits per heavy atom. The molecule has 5 nitrogen and oxygen atoms in total. The second kappa shape index (κ2) is 6.22. The SMILES string of the molecule is Cc1ccc(C=Cc2nc3sc(C(=O)O)c(C)n3c(=O)c2Cl)cc1. The number of rotatable bonds is 3. The summed E-state index contributed by atoms with van der Waals surface area (Å²) in [6.07, 6.45) is 3.46. The maximum atomic E-state index is 12.4. The lowest BCUT2D eigenvalue weighted by Crippen LogP contribution is -2.17. The van der Waals surface area contributed by atoms with Crippen LogP contribution in [0.1, 0.15) is 32.2 Å². The number of hydrogen-bond donors (Lipinski definition) is 1. The second-order valence-corrected chi connectivity index (χ2v) is 6.66. The molecule has 0 unspecified atom stereocenters. The first-order valence-corrected chi connectivity index (χ1v) is 8.27. The maximum absolute atomic E-state index is 12.4. The largest absolute Gasteiger partial charge is 0.477 e. The highest BCUT2D eigenvalue weighted by Gasteiger charge is 2.19. The first-order chi connectivity index (χ1) is 11.4. The zero-order chi connectivity index (χ0) is 17.4. The lowest BCUT2D eigenvalue weighted by molar-refractivity contribution is 0.0701. The molecule has 122 valence electrons. The van der Waals surface area contributed by atoms with Gasteiger partial charge in [-0.2, -0.15) is 0 Å². The highest BCUT2D eigenvalue weighted by molar-refractivity contribution is 7.18. The molecule has 24 heavy (non-hydrogen) atoms. The fraction of sp³-hybridized carbons (Fsp3) is 0.118. The van der Waals surface area contributed by atoms with Gasteiger partial charge in [-0.05, 0) is 25.5 Å². The van der Waals surface area contributed by atoms with Crippen LogP contribution in [0.4, 0.5) is 0 Å². The van der Waals surface area contributed by atoms with Gasteiger partial charge in [0.25, 0.3) is 5.56 Å². The second-order valence-electron chi connectivity index (χ2n) is 5.30. The summed E-state index contributed by atoms with van der Waals surface area (Å²) in [5, 5.41) is 9.16. The Hall–Kier alpha value is -2.44. The number of fused-ring (bicyclic) bond motifs is 1. The van der Waals surface area contributed by atoms with Crippen molar-refractivity contribution in [1.82, 2.24) is 9.38 Å². The summed E-state index contributed by atoms with van der Waals surface area (Å²) in [7, 11) is 0. The first kappa shape index (κ1) is 16.4. The molecule has 7 heteroatoms. The molecule has 0 aliphatic rings. The number of aryl methyl sites for hydroxylation is 2. The van der Waals surface area contributed by atoms with Crippen LogP contribution in [0.3, 0.4) is 0 Å². The van der Waals surface area contributed by atoms with Crippen molar-refractivity contribution in [2.45, 2.75) is 13.8 Å². The quantitative estimate of drug-likeness (QED) is 0.769. The number of aromatic carboxylic acids is 1. The molecule has 0 amide bonds. The lowest BCUT2D eigenvalue weighted by atomic mass is 10.1. The van der Waals surface area contributed by atoms with E-state index in [1.807, 2.05) is 37.3 Å². The van der Waals surface area contributed by atoms with E-state index < -0.39 is 11.5 Å². The number of carboxylic acids is 1. The smallest absolute Gasteiger partial charge is 0.347 e. The Labute approximate surface area is 146 Å². The van der Waals surface area contributed by atoms with Gasteiger partial charge in [0.15, 0.2) is 4.96 Å². The number of nitrogens with zero attached hydrogens (tertiary/aromatic N) is 2. The van der Waals surface area contributed by atoms with Gasteiger partial charge in [0.2, 0.25) is 0 Å². The van der Waals surface area contributed by atoms with Gasteiger partial charge in [0.1, 0.15) is 9.90 Å². The van der Waals surface area contributed by atoms with Crippen LogP contribution in [0.2, 0.25) is 5.02 Å². The Morgan fingerprint density at radius 3 is 2.54 bits per heavy atom. The predicted molar refractivity (Wildman–Crippen MR) is 96.2 cm³/mol. The van der Waals surface area contributed by atoms with E-state index in [2.05, 4.69) is 4.98 Å². The monoisotopic (exact) mass is 360 g/mol. The Morgan fingerprint density at radius 2 is 1.92 bits per heavy atom. The van der Waals surface area contributed by atoms with Crippen molar-refractivity contribution >= 4 is 46.0 Å². The molecule has 0 radical (unpaired) electrons. The molecule has 0 saturated heterocycles. The molecule has 2 heterocycles. The van der Waals surface area contributed by atoms with Gasteiger partial charge < -0.3 is 5.11 Å². The van der Waals surface area contributed by atoms with Gasteiger partial charge >= 0.3 is 5.97 Å². The van der Waals surface area contributed by atoms with E-state index in [-0.39, 0.29) is 9.90 Å². The molecule has 0 atom stereocenters. The number of halogens is 1. The van der Waals surface area contributed by atoms with Gasteiger partial charge in [0.05, 0.1) is 11.4 Å². The average Bonchev–Trinajstić information content (AvgIpc) is 2.88. The van der Waals surface area contributed by atoms with E-state index in [9.17, 15) is 14.7 Å². The summed E-state index contributed by atoms with van der Waals surface area (Å²) < 4.78 is 1.24. The van der Waals surface area contributed by atoms with Gasteiger partial charge in [-0.1, -0.05) is 58.8 Å². The van der Waals surface area contributed by atoms with Gasteiger partial charge in [-0.3, -0.25) is 9.20 Å². The summed E-state index contributed by atoms with van der Waals surface area (Å²) in [6, 6.07) is 7.86. The molecule has 2 aromatic heterocycles. The molecule has 3 rings (SSSR count). The minimum absolute atomic E-state index is 0.0336. The Kier molecular flexibility index (Phi) is 4.26. The van der Waals surface area contributed by atoms with E-state index in [4.69, 9.17) is 11.6 Å². The molecule has 3 aromatic rings. The third-order valence-electron chi connectivity index (χ3n) is 3.59. The van der Waals surface area contributed by atoms with Crippen LogP contribution in [0, 0.1) is 13.8 Å². The maximum Gasteiger partial charge on any atom is 0.347 e. The molecule has 1 N–H and O–H groups in total. The Bertz CT molecular complexity index is 1030. The molecular formula is C17H13ClN2O3S. The van der Waals surface area contributed by atoms with Crippen LogP contribution >= 0.6 is 22.9 Å². The lowest BCUT2D eigenvalue weighted by Gasteiger charge is -2.01. The third kappa shape index (κ3) is 2.86. The number of aromatic nitrogens is 2. The minimum Gasteiger partial charge on any atom is -0.477 e.